The lowest BCUT2D eigenvalue weighted by molar-refractivity contribution is -0.136. The normalized spacial score (nSPS) is 15.8. The Balaban J connectivity index is 1.64. The van der Waals surface area contributed by atoms with Gasteiger partial charge in [0.2, 0.25) is 5.91 Å². The molecule has 0 unspecified atom stereocenters. The number of imidazole rings is 1. The molecule has 0 N–H and O–H groups in total. The van der Waals surface area contributed by atoms with Crippen molar-refractivity contribution in [3.05, 3.63) is 65.7 Å². The first-order valence-electron chi connectivity index (χ1n) is 10.0. The molecule has 1 saturated carbocycles. The van der Waals surface area contributed by atoms with Crippen LogP contribution in [0.2, 0.25) is 0 Å². The first-order valence-corrected chi connectivity index (χ1v) is 10.0. The molecule has 1 aromatic heterocycles. The Bertz CT molecular complexity index is 987. The summed E-state index contributed by atoms with van der Waals surface area (Å²) in [6.45, 7) is 3.36. The lowest BCUT2D eigenvalue weighted by Gasteiger charge is -2.33. The van der Waals surface area contributed by atoms with Gasteiger partial charge in [-0.3, -0.25) is 4.79 Å². The van der Waals surface area contributed by atoms with Crippen LogP contribution < -0.4 is 0 Å². The first kappa shape index (κ1) is 18.7. The molecule has 1 aliphatic rings. The average Bonchev–Trinajstić information content (AvgIpc) is 3.33. The highest BCUT2D eigenvalue weighted by atomic mass is 19.1. The largest absolute Gasteiger partial charge is 0.338 e. The number of hydrogen-bond donors (Lipinski definition) is 0. The zero-order valence-electron chi connectivity index (χ0n) is 16.5. The summed E-state index contributed by atoms with van der Waals surface area (Å²) < 4.78 is 15.6. The van der Waals surface area contributed by atoms with Gasteiger partial charge in [-0.2, -0.15) is 0 Å². The highest BCUT2D eigenvalue weighted by Crippen LogP contribution is 2.42. The summed E-state index contributed by atoms with van der Waals surface area (Å²) in [4.78, 5) is 20.1. The van der Waals surface area contributed by atoms with E-state index >= 15 is 0 Å². The minimum absolute atomic E-state index is 0.103. The van der Waals surface area contributed by atoms with Gasteiger partial charge in [0.1, 0.15) is 11.6 Å². The number of carbonyl (C=O) groups excluding carboxylic acids is 1. The number of nitrogens with zero attached hydrogens (tertiary/aromatic N) is 3. The van der Waals surface area contributed by atoms with Gasteiger partial charge < -0.3 is 9.47 Å². The number of likely N-dealkylation sites (N-methyl/N-ethyl adjacent to an activating group) is 1. The average molecular weight is 379 g/mol. The Kier molecular flexibility index (Phi) is 4.92. The predicted molar refractivity (Wildman–Crippen MR) is 108 cm³/mol. The highest BCUT2D eigenvalue weighted by molar-refractivity contribution is 5.88. The van der Waals surface area contributed by atoms with E-state index in [4.69, 9.17) is 4.98 Å². The van der Waals surface area contributed by atoms with E-state index in [9.17, 15) is 9.18 Å². The molecule has 4 rings (SSSR count). The summed E-state index contributed by atoms with van der Waals surface area (Å²) in [5.41, 5.74) is 2.42. The second kappa shape index (κ2) is 7.38. The molecule has 0 radical (unpaired) electrons. The summed E-state index contributed by atoms with van der Waals surface area (Å²) in [5, 5.41) is 0. The molecule has 0 bridgehead atoms. The molecular weight excluding hydrogens is 353 g/mol. The summed E-state index contributed by atoms with van der Waals surface area (Å²) >= 11 is 0. The van der Waals surface area contributed by atoms with Crippen molar-refractivity contribution in [2.24, 2.45) is 0 Å². The predicted octanol–water partition coefficient (Wildman–Crippen LogP) is 4.67. The Morgan fingerprint density at radius 2 is 1.82 bits per heavy atom. The highest BCUT2D eigenvalue weighted by Gasteiger charge is 2.44. The molecule has 5 heteroatoms. The molecular formula is C23H26FN3O. The molecule has 0 atom stereocenters. The zero-order valence-corrected chi connectivity index (χ0v) is 16.5. The van der Waals surface area contributed by atoms with Gasteiger partial charge in [-0.25, -0.2) is 9.37 Å². The lowest BCUT2D eigenvalue weighted by Crippen LogP contribution is -2.43. The molecule has 28 heavy (non-hydrogen) atoms. The number of hydrogen-bond acceptors (Lipinski definition) is 2. The molecule has 0 aliphatic heterocycles. The van der Waals surface area contributed by atoms with Crippen molar-refractivity contribution in [1.82, 2.24) is 14.5 Å². The third kappa shape index (κ3) is 3.09. The van der Waals surface area contributed by atoms with Crippen molar-refractivity contribution >= 4 is 16.9 Å². The number of fused-ring (bicyclic) bond motifs is 1. The van der Waals surface area contributed by atoms with Crippen LogP contribution in [0.25, 0.3) is 11.0 Å². The molecule has 1 heterocycles. The fourth-order valence-electron chi connectivity index (χ4n) is 4.62. The van der Waals surface area contributed by atoms with E-state index in [2.05, 4.69) is 17.6 Å². The van der Waals surface area contributed by atoms with Crippen LogP contribution in [0.3, 0.4) is 0 Å². The summed E-state index contributed by atoms with van der Waals surface area (Å²) in [6, 6.07) is 14.5. The number of para-hydroxylation sites is 2. The Morgan fingerprint density at radius 1 is 1.14 bits per heavy atom. The van der Waals surface area contributed by atoms with Gasteiger partial charge in [0, 0.05) is 13.6 Å². The molecule has 3 aromatic rings. The number of halogens is 1. The monoisotopic (exact) mass is 379 g/mol. The van der Waals surface area contributed by atoms with E-state index in [0.29, 0.717) is 6.54 Å². The fourth-order valence-corrected chi connectivity index (χ4v) is 4.62. The van der Waals surface area contributed by atoms with E-state index in [1.165, 1.54) is 12.1 Å². The van der Waals surface area contributed by atoms with Crippen molar-refractivity contribution in [3.8, 4) is 0 Å². The van der Waals surface area contributed by atoms with E-state index in [1.807, 2.05) is 25.2 Å². The van der Waals surface area contributed by atoms with E-state index in [1.54, 1.807) is 17.0 Å². The molecule has 0 spiro atoms. The van der Waals surface area contributed by atoms with Crippen LogP contribution >= 0.6 is 0 Å². The summed E-state index contributed by atoms with van der Waals surface area (Å²) in [5.74, 6) is 0.729. The third-order valence-electron chi connectivity index (χ3n) is 6.04. The van der Waals surface area contributed by atoms with Crippen LogP contribution in [0.4, 0.5) is 4.39 Å². The number of amides is 1. The van der Waals surface area contributed by atoms with Crippen LogP contribution in [-0.2, 0) is 23.3 Å². The molecule has 1 fully saturated rings. The van der Waals surface area contributed by atoms with Crippen molar-refractivity contribution in [1.29, 1.82) is 0 Å². The maximum absolute atomic E-state index is 13.6. The van der Waals surface area contributed by atoms with Gasteiger partial charge in [-0.1, -0.05) is 37.1 Å². The van der Waals surface area contributed by atoms with Crippen molar-refractivity contribution in [2.75, 3.05) is 7.05 Å². The Hall–Kier alpha value is -2.69. The van der Waals surface area contributed by atoms with Gasteiger partial charge in [-0.15, -0.1) is 0 Å². The van der Waals surface area contributed by atoms with Gasteiger partial charge in [0.15, 0.2) is 0 Å². The van der Waals surface area contributed by atoms with Gasteiger partial charge in [0.05, 0.1) is 23.0 Å². The topological polar surface area (TPSA) is 38.1 Å². The van der Waals surface area contributed by atoms with Gasteiger partial charge >= 0.3 is 0 Å². The first-order chi connectivity index (χ1) is 13.5. The summed E-state index contributed by atoms with van der Waals surface area (Å²) in [6.07, 6.45) is 3.66. The quantitative estimate of drug-likeness (QED) is 0.646. The molecule has 1 amide bonds. The number of carbonyl (C=O) groups is 1. The van der Waals surface area contributed by atoms with Crippen LogP contribution in [-0.4, -0.2) is 27.4 Å². The van der Waals surface area contributed by atoms with Crippen molar-refractivity contribution in [3.63, 3.8) is 0 Å². The van der Waals surface area contributed by atoms with Crippen LogP contribution in [0.1, 0.15) is 44.0 Å². The zero-order chi connectivity index (χ0) is 19.7. The third-order valence-corrected chi connectivity index (χ3v) is 6.04. The molecule has 0 saturated heterocycles. The number of rotatable bonds is 5. The maximum Gasteiger partial charge on any atom is 0.233 e. The lowest BCUT2D eigenvalue weighted by atomic mass is 9.77. The maximum atomic E-state index is 13.6. The second-order valence-electron chi connectivity index (χ2n) is 7.72. The van der Waals surface area contributed by atoms with Crippen LogP contribution in [0, 0.1) is 5.82 Å². The van der Waals surface area contributed by atoms with Crippen LogP contribution in [0.5, 0.6) is 0 Å². The summed E-state index contributed by atoms with van der Waals surface area (Å²) in [7, 11) is 1.85. The van der Waals surface area contributed by atoms with E-state index in [0.717, 1.165) is 54.6 Å². The van der Waals surface area contributed by atoms with E-state index < -0.39 is 5.41 Å². The minimum atomic E-state index is -0.550. The second-order valence-corrected chi connectivity index (χ2v) is 7.72. The van der Waals surface area contributed by atoms with Crippen molar-refractivity contribution < 1.29 is 9.18 Å². The van der Waals surface area contributed by atoms with Crippen LogP contribution in [0.15, 0.2) is 48.5 Å². The molecule has 1 aliphatic carbocycles. The van der Waals surface area contributed by atoms with E-state index in [-0.39, 0.29) is 11.7 Å². The molecule has 146 valence electrons. The number of aromatic nitrogens is 2. The van der Waals surface area contributed by atoms with Crippen molar-refractivity contribution in [2.45, 2.75) is 51.1 Å². The Labute approximate surface area is 165 Å². The SMILES string of the molecule is CCn1c(CN(C)C(=O)C2(c3ccc(F)cc3)CCCC2)nc2ccccc21. The van der Waals surface area contributed by atoms with Gasteiger partial charge in [-0.05, 0) is 49.6 Å². The number of benzene rings is 2. The fraction of sp³-hybridized carbons (Fsp3) is 0.391. The smallest absolute Gasteiger partial charge is 0.233 e. The Morgan fingerprint density at radius 3 is 2.50 bits per heavy atom. The molecule has 4 nitrogen and oxygen atoms in total. The standard InChI is InChI=1S/C23H26FN3O/c1-3-27-20-9-5-4-8-19(20)25-21(27)16-26(2)22(28)23(14-6-7-15-23)17-10-12-18(24)13-11-17/h4-5,8-13H,3,6-7,14-16H2,1-2H3. The van der Waals surface area contributed by atoms with Gasteiger partial charge in [0.25, 0.3) is 0 Å². The number of aryl methyl sites for hydroxylation is 1. The molecule has 2 aromatic carbocycles. The minimum Gasteiger partial charge on any atom is -0.338 e.